The molecule has 1 aliphatic heterocycles. The number of anilines is 1. The summed E-state index contributed by atoms with van der Waals surface area (Å²) in [6.07, 6.45) is 2.07. The summed E-state index contributed by atoms with van der Waals surface area (Å²) >= 11 is 1.63. The molecular formula is C17H24N4O2S. The topological polar surface area (TPSA) is 71.4 Å². The molecule has 1 N–H and O–H groups in total. The molecule has 0 radical (unpaired) electrons. The number of methoxy groups -OCH3 is 1. The predicted octanol–water partition coefficient (Wildman–Crippen LogP) is 2.27. The van der Waals surface area contributed by atoms with Gasteiger partial charge in [-0.25, -0.2) is 15.0 Å². The number of ether oxygens (including phenoxy) is 1. The third kappa shape index (κ3) is 4.09. The van der Waals surface area contributed by atoms with Crippen LogP contribution in [0.3, 0.4) is 0 Å². The van der Waals surface area contributed by atoms with Gasteiger partial charge in [0.25, 0.3) is 0 Å². The molecule has 0 aliphatic carbocycles. The number of piperidine rings is 1. The first-order chi connectivity index (χ1) is 11.5. The fraction of sp³-hybridized carbons (Fsp3) is 0.588. The molecule has 0 saturated carbocycles. The largest absolute Gasteiger partial charge is 0.389 e. The lowest BCUT2D eigenvalue weighted by molar-refractivity contribution is 0.0163. The minimum absolute atomic E-state index is 0.413. The van der Waals surface area contributed by atoms with E-state index >= 15 is 0 Å². The summed E-state index contributed by atoms with van der Waals surface area (Å²) in [4.78, 5) is 15.7. The molecular weight excluding hydrogens is 324 g/mol. The van der Waals surface area contributed by atoms with Gasteiger partial charge in [0, 0.05) is 49.5 Å². The van der Waals surface area contributed by atoms with Crippen molar-refractivity contribution in [1.82, 2.24) is 15.0 Å². The molecule has 0 spiro atoms. The maximum Gasteiger partial charge on any atom is 0.156 e. The third-order valence-electron chi connectivity index (χ3n) is 4.33. The standard InChI is InChI=1S/C17H24N4O2S/c1-12-8-15(20-14(18-12)10-23-3)21-6-4-17(22,5-7-21)9-16-19-13(2)11-24-16/h8,11,22H,4-7,9-10H2,1-3H3. The van der Waals surface area contributed by atoms with Crippen molar-refractivity contribution in [1.29, 1.82) is 0 Å². The SMILES string of the molecule is COCc1nc(C)cc(N2CCC(O)(Cc3nc(C)cs3)CC2)n1. The molecule has 7 heteroatoms. The van der Waals surface area contributed by atoms with Crippen LogP contribution in [0.2, 0.25) is 0 Å². The van der Waals surface area contributed by atoms with Crippen LogP contribution in [0.4, 0.5) is 5.82 Å². The molecule has 3 heterocycles. The summed E-state index contributed by atoms with van der Waals surface area (Å²) in [5.41, 5.74) is 1.29. The molecule has 0 atom stereocenters. The van der Waals surface area contributed by atoms with Gasteiger partial charge in [-0.3, -0.25) is 0 Å². The van der Waals surface area contributed by atoms with Crippen LogP contribution in [0.5, 0.6) is 0 Å². The van der Waals surface area contributed by atoms with Crippen LogP contribution >= 0.6 is 11.3 Å². The van der Waals surface area contributed by atoms with Gasteiger partial charge < -0.3 is 14.7 Å². The van der Waals surface area contributed by atoms with Gasteiger partial charge in [0.15, 0.2) is 5.82 Å². The normalized spacial score (nSPS) is 17.2. The Hall–Kier alpha value is -1.57. The van der Waals surface area contributed by atoms with Crippen molar-refractivity contribution >= 4 is 17.2 Å². The summed E-state index contributed by atoms with van der Waals surface area (Å²) in [7, 11) is 1.65. The molecule has 2 aromatic rings. The van der Waals surface area contributed by atoms with E-state index in [9.17, 15) is 5.11 Å². The van der Waals surface area contributed by atoms with Crippen molar-refractivity contribution in [3.05, 3.63) is 33.7 Å². The van der Waals surface area contributed by atoms with E-state index in [4.69, 9.17) is 4.74 Å². The fourth-order valence-electron chi connectivity index (χ4n) is 3.06. The first kappa shape index (κ1) is 17.3. The molecule has 1 aliphatic rings. The van der Waals surface area contributed by atoms with Gasteiger partial charge in [0.05, 0.1) is 10.6 Å². The van der Waals surface area contributed by atoms with E-state index in [0.29, 0.717) is 31.7 Å². The zero-order valence-corrected chi connectivity index (χ0v) is 15.3. The smallest absolute Gasteiger partial charge is 0.156 e. The maximum absolute atomic E-state index is 10.9. The molecule has 1 saturated heterocycles. The highest BCUT2D eigenvalue weighted by molar-refractivity contribution is 7.09. The molecule has 130 valence electrons. The number of aliphatic hydroxyl groups is 1. The average molecular weight is 348 g/mol. The van der Waals surface area contributed by atoms with E-state index < -0.39 is 5.60 Å². The first-order valence-corrected chi connectivity index (χ1v) is 9.07. The van der Waals surface area contributed by atoms with Gasteiger partial charge >= 0.3 is 0 Å². The van der Waals surface area contributed by atoms with Crippen LogP contribution in [0.25, 0.3) is 0 Å². The van der Waals surface area contributed by atoms with Gasteiger partial charge in [-0.2, -0.15) is 0 Å². The summed E-state index contributed by atoms with van der Waals surface area (Å²) in [6.45, 7) is 5.93. The van der Waals surface area contributed by atoms with Crippen LogP contribution in [0, 0.1) is 13.8 Å². The second-order valence-corrected chi connectivity index (χ2v) is 7.43. The molecule has 6 nitrogen and oxygen atoms in total. The lowest BCUT2D eigenvalue weighted by atomic mass is 9.88. The molecule has 0 amide bonds. The van der Waals surface area contributed by atoms with Crippen molar-refractivity contribution in [2.45, 2.75) is 45.3 Å². The summed E-state index contributed by atoms with van der Waals surface area (Å²) in [5.74, 6) is 1.62. The average Bonchev–Trinajstić information content (AvgIpc) is 2.92. The number of thiazole rings is 1. The van der Waals surface area contributed by atoms with E-state index in [0.717, 1.165) is 35.3 Å². The van der Waals surface area contributed by atoms with Gasteiger partial charge in [-0.15, -0.1) is 11.3 Å². The van der Waals surface area contributed by atoms with Crippen LogP contribution in [0.1, 0.15) is 35.1 Å². The van der Waals surface area contributed by atoms with E-state index in [1.54, 1.807) is 18.4 Å². The van der Waals surface area contributed by atoms with Crippen LogP contribution in [-0.4, -0.2) is 45.9 Å². The Morgan fingerprint density at radius 1 is 1.21 bits per heavy atom. The number of aryl methyl sites for hydroxylation is 2. The van der Waals surface area contributed by atoms with Gasteiger partial charge in [0.1, 0.15) is 12.4 Å². The summed E-state index contributed by atoms with van der Waals surface area (Å²) < 4.78 is 5.14. The Balaban J connectivity index is 1.66. The predicted molar refractivity (Wildman–Crippen MR) is 94.4 cm³/mol. The third-order valence-corrected chi connectivity index (χ3v) is 5.29. The van der Waals surface area contributed by atoms with E-state index in [2.05, 4.69) is 19.9 Å². The Morgan fingerprint density at radius 2 is 1.96 bits per heavy atom. The summed E-state index contributed by atoms with van der Waals surface area (Å²) in [5, 5.41) is 13.9. The molecule has 1 fully saturated rings. The highest BCUT2D eigenvalue weighted by Gasteiger charge is 2.34. The Labute approximate surface area is 146 Å². The molecule has 0 aromatic carbocycles. The number of hydrogen-bond acceptors (Lipinski definition) is 7. The maximum atomic E-state index is 10.9. The molecule has 3 rings (SSSR count). The fourth-order valence-corrected chi connectivity index (χ4v) is 3.97. The van der Waals surface area contributed by atoms with E-state index in [1.807, 2.05) is 25.3 Å². The number of aromatic nitrogens is 3. The zero-order chi connectivity index (χ0) is 17.2. The monoisotopic (exact) mass is 348 g/mol. The van der Waals surface area contributed by atoms with Gasteiger partial charge in [0.2, 0.25) is 0 Å². The van der Waals surface area contributed by atoms with Crippen molar-refractivity contribution in [2.24, 2.45) is 0 Å². The highest BCUT2D eigenvalue weighted by atomic mass is 32.1. The highest BCUT2D eigenvalue weighted by Crippen LogP contribution is 2.29. The number of rotatable bonds is 5. The number of hydrogen-bond donors (Lipinski definition) is 1. The second kappa shape index (κ2) is 7.13. The quantitative estimate of drug-likeness (QED) is 0.894. The van der Waals surface area contributed by atoms with Crippen molar-refractivity contribution in [3.63, 3.8) is 0 Å². The lowest BCUT2D eigenvalue weighted by Gasteiger charge is -2.38. The molecule has 0 bridgehead atoms. The molecule has 24 heavy (non-hydrogen) atoms. The van der Waals surface area contributed by atoms with Gasteiger partial charge in [-0.1, -0.05) is 0 Å². The Kier molecular flexibility index (Phi) is 5.12. The second-order valence-electron chi connectivity index (χ2n) is 6.49. The minimum atomic E-state index is -0.668. The van der Waals surface area contributed by atoms with Crippen LogP contribution in [-0.2, 0) is 17.8 Å². The zero-order valence-electron chi connectivity index (χ0n) is 14.4. The van der Waals surface area contributed by atoms with E-state index in [-0.39, 0.29) is 0 Å². The van der Waals surface area contributed by atoms with Crippen LogP contribution < -0.4 is 4.90 Å². The lowest BCUT2D eigenvalue weighted by Crippen LogP contribution is -2.46. The Bertz CT molecular complexity index is 696. The van der Waals surface area contributed by atoms with Gasteiger partial charge in [-0.05, 0) is 26.7 Å². The Morgan fingerprint density at radius 3 is 2.58 bits per heavy atom. The first-order valence-electron chi connectivity index (χ1n) is 8.19. The van der Waals surface area contributed by atoms with Crippen LogP contribution in [0.15, 0.2) is 11.4 Å². The molecule has 2 aromatic heterocycles. The van der Waals surface area contributed by atoms with Crippen molar-refractivity contribution in [3.8, 4) is 0 Å². The molecule has 0 unspecified atom stereocenters. The number of nitrogens with zero attached hydrogens (tertiary/aromatic N) is 4. The van der Waals surface area contributed by atoms with Crippen molar-refractivity contribution in [2.75, 3.05) is 25.1 Å². The van der Waals surface area contributed by atoms with Crippen molar-refractivity contribution < 1.29 is 9.84 Å². The minimum Gasteiger partial charge on any atom is -0.389 e. The van der Waals surface area contributed by atoms with E-state index in [1.165, 1.54) is 0 Å². The summed E-state index contributed by atoms with van der Waals surface area (Å²) in [6, 6.07) is 1.99.